The third kappa shape index (κ3) is 4.82. The maximum absolute atomic E-state index is 2.34. The van der Waals surface area contributed by atoms with Crippen molar-refractivity contribution in [1.29, 1.82) is 0 Å². The van der Waals surface area contributed by atoms with Gasteiger partial charge in [0.25, 0.3) is 0 Å². The Labute approximate surface area is 168 Å². The number of fused-ring (bicyclic) bond motifs is 1. The van der Waals surface area contributed by atoms with E-state index >= 15 is 0 Å². The molecule has 0 amide bonds. The van der Waals surface area contributed by atoms with E-state index in [-0.39, 0.29) is 35.9 Å². The summed E-state index contributed by atoms with van der Waals surface area (Å²) in [5.41, 5.74) is 6.82. The van der Waals surface area contributed by atoms with Crippen molar-refractivity contribution in [3.05, 3.63) is 90.5 Å². The largest absolute Gasteiger partial charge is 2.00 e. The van der Waals surface area contributed by atoms with Crippen LogP contribution in [0.5, 0.6) is 0 Å². The van der Waals surface area contributed by atoms with Crippen LogP contribution in [-0.4, -0.2) is 0 Å². The first-order valence-corrected chi connectivity index (χ1v) is 7.84. The van der Waals surface area contributed by atoms with Gasteiger partial charge < -0.3 is 0 Å². The molecule has 2 aromatic carbocycles. The predicted octanol–water partition coefficient (Wildman–Crippen LogP) is 3.43. The van der Waals surface area contributed by atoms with Gasteiger partial charge in [0.05, 0.1) is 0 Å². The molecule has 0 aromatic heterocycles. The van der Waals surface area contributed by atoms with E-state index in [0.717, 1.165) is 0 Å². The van der Waals surface area contributed by atoms with Crippen molar-refractivity contribution in [3.63, 3.8) is 0 Å². The normalized spacial score (nSPS) is 9.79. The molecule has 0 fully saturated rings. The molecule has 2 heteroatoms. The quantitative estimate of drug-likeness (QED) is 0.385. The zero-order valence-electron chi connectivity index (χ0n) is 14.5. The van der Waals surface area contributed by atoms with Gasteiger partial charge in [-0.2, -0.15) is 34.9 Å². The number of rotatable bonds is 2. The first-order valence-electron chi connectivity index (χ1n) is 7.84. The fourth-order valence-electron chi connectivity index (χ4n) is 2.72. The molecule has 2 aliphatic carbocycles. The van der Waals surface area contributed by atoms with Gasteiger partial charge in [0.1, 0.15) is 0 Å². The zero-order chi connectivity index (χ0) is 15.4. The summed E-state index contributed by atoms with van der Waals surface area (Å²) in [6, 6.07) is 29.8. The van der Waals surface area contributed by atoms with E-state index in [1.807, 2.05) is 30.3 Å². The Morgan fingerprint density at radius 3 is 2.12 bits per heavy atom. The summed E-state index contributed by atoms with van der Waals surface area (Å²) in [7, 11) is 0. The van der Waals surface area contributed by atoms with Crippen molar-refractivity contribution in [2.75, 3.05) is 0 Å². The van der Waals surface area contributed by atoms with Crippen molar-refractivity contribution in [3.8, 4) is 22.3 Å². The minimum Gasteiger partial charge on any atom is -0.259 e. The Kier molecular flexibility index (Phi) is 8.47. The summed E-state index contributed by atoms with van der Waals surface area (Å²) in [6.45, 7) is 4.49. The van der Waals surface area contributed by atoms with E-state index in [9.17, 15) is 0 Å². The Balaban J connectivity index is 0.000000357. The summed E-state index contributed by atoms with van der Waals surface area (Å²) in [5.74, 6) is 0.593. The molecule has 0 aliphatic heterocycles. The monoisotopic (exact) mass is 348 g/mol. The summed E-state index contributed by atoms with van der Waals surface area (Å²) < 4.78 is 0. The fraction of sp³-hybridized carbons (Fsp3) is 0.136. The molecule has 0 saturated carbocycles. The van der Waals surface area contributed by atoms with Gasteiger partial charge >= 0.3 is 35.9 Å². The molecule has 0 radical (unpaired) electrons. The molecule has 24 heavy (non-hydrogen) atoms. The van der Waals surface area contributed by atoms with Crippen LogP contribution in [0, 0.1) is 0 Å². The van der Waals surface area contributed by atoms with Crippen LogP contribution in [-0.2, 0) is 17.1 Å². The van der Waals surface area contributed by atoms with Gasteiger partial charge in [-0.1, -0.05) is 37.6 Å². The Morgan fingerprint density at radius 1 is 0.917 bits per heavy atom. The van der Waals surface area contributed by atoms with E-state index in [1.165, 1.54) is 27.8 Å². The van der Waals surface area contributed by atoms with Gasteiger partial charge in [0, 0.05) is 0 Å². The van der Waals surface area contributed by atoms with E-state index in [1.54, 1.807) is 0 Å². The van der Waals surface area contributed by atoms with Gasteiger partial charge in [-0.3, -0.25) is 5.56 Å². The average molecular weight is 348 g/mol. The van der Waals surface area contributed by atoms with E-state index in [0.29, 0.717) is 5.92 Å². The predicted molar refractivity (Wildman–Crippen MR) is 95.8 cm³/mol. The molecule has 0 bridgehead atoms. The number of benzene rings is 1. The van der Waals surface area contributed by atoms with Crippen LogP contribution < -0.4 is 18.9 Å². The Hall–Kier alpha value is -1.35. The van der Waals surface area contributed by atoms with Gasteiger partial charge in [-0.05, 0) is 5.92 Å². The molecule has 118 valence electrons. The third-order valence-corrected chi connectivity index (χ3v) is 3.97. The molecule has 0 unspecified atom stereocenters. The smallest absolute Gasteiger partial charge is 0.259 e. The number of hydrogen-bond acceptors (Lipinski definition) is 0. The molecular weight excluding hydrogens is 327 g/mol. The van der Waals surface area contributed by atoms with Crippen LogP contribution >= 0.6 is 0 Å². The van der Waals surface area contributed by atoms with Crippen LogP contribution in [0.2, 0.25) is 0 Å². The number of hydrogen-bond donors (Lipinski definition) is 0. The van der Waals surface area contributed by atoms with Crippen LogP contribution in [0.25, 0.3) is 22.3 Å². The molecule has 0 heterocycles. The molecule has 0 atom stereocenters. The SMILES string of the molecule is CC(C)c1cc2cc[cH-]c(-[c-]3cccc3)c-2c1.[Fe+2].[Li+].c1cc[cH-]c1. The standard InChI is InChI=1S/C17H16.C5H5.Fe.Li/c1-12(2)15-10-14-8-5-9-16(17(14)11-15)13-6-3-4-7-13;1-2-4-5-3-1;;/h3-12H,1-2H3;1-5H;;/q-2;-1;+2;+1. The molecule has 2 aromatic rings. The second kappa shape index (κ2) is 9.82. The fourth-order valence-corrected chi connectivity index (χ4v) is 2.72. The molecule has 0 spiro atoms. The molecule has 2 aliphatic rings. The van der Waals surface area contributed by atoms with Gasteiger partial charge in [0.15, 0.2) is 0 Å². The summed E-state index contributed by atoms with van der Waals surface area (Å²) in [4.78, 5) is 0. The summed E-state index contributed by atoms with van der Waals surface area (Å²) in [6.07, 6.45) is 0. The first kappa shape index (κ1) is 20.7. The van der Waals surface area contributed by atoms with Crippen LogP contribution in [0.4, 0.5) is 0 Å². The Morgan fingerprint density at radius 2 is 1.58 bits per heavy atom. The molecular formula is C22H21FeLi. The maximum Gasteiger partial charge on any atom is 2.00 e. The van der Waals surface area contributed by atoms with Gasteiger partial charge in [-0.25, -0.2) is 30.3 Å². The maximum atomic E-state index is 2.34. The summed E-state index contributed by atoms with van der Waals surface area (Å²) in [5, 5.41) is 0. The van der Waals surface area contributed by atoms with Crippen molar-refractivity contribution in [1.82, 2.24) is 0 Å². The third-order valence-electron chi connectivity index (χ3n) is 3.97. The van der Waals surface area contributed by atoms with Gasteiger partial charge in [-0.15, -0.1) is 18.2 Å². The van der Waals surface area contributed by atoms with Crippen molar-refractivity contribution in [2.45, 2.75) is 19.8 Å². The van der Waals surface area contributed by atoms with E-state index < -0.39 is 0 Å². The molecule has 4 rings (SSSR count). The van der Waals surface area contributed by atoms with Crippen molar-refractivity contribution in [2.24, 2.45) is 0 Å². The average Bonchev–Trinajstić information content (AvgIpc) is 3.26. The topological polar surface area (TPSA) is 0 Å². The van der Waals surface area contributed by atoms with E-state index in [4.69, 9.17) is 0 Å². The second-order valence-electron chi connectivity index (χ2n) is 5.89. The second-order valence-corrected chi connectivity index (χ2v) is 5.89. The minimum atomic E-state index is 0. The Bertz CT molecular complexity index is 743. The van der Waals surface area contributed by atoms with Crippen LogP contribution in [0.3, 0.4) is 0 Å². The first-order chi connectivity index (χ1) is 10.8. The van der Waals surface area contributed by atoms with Crippen LogP contribution in [0.1, 0.15) is 25.3 Å². The summed E-state index contributed by atoms with van der Waals surface area (Å²) >= 11 is 0. The van der Waals surface area contributed by atoms with Crippen molar-refractivity contribution < 1.29 is 35.9 Å². The van der Waals surface area contributed by atoms with Crippen molar-refractivity contribution >= 4 is 0 Å². The van der Waals surface area contributed by atoms with E-state index in [2.05, 4.69) is 68.4 Å². The molecule has 0 N–H and O–H groups in total. The van der Waals surface area contributed by atoms with Crippen LogP contribution in [0.15, 0.2) is 84.9 Å². The molecule has 0 nitrogen and oxygen atoms in total. The van der Waals surface area contributed by atoms with Gasteiger partial charge in [0.2, 0.25) is 0 Å². The zero-order valence-corrected chi connectivity index (χ0v) is 15.6. The molecule has 0 saturated heterocycles. The minimum absolute atomic E-state index is 0.